The summed E-state index contributed by atoms with van der Waals surface area (Å²) in [6, 6.07) is 4.55. The highest BCUT2D eigenvalue weighted by Crippen LogP contribution is 2.40. The number of carbonyl (C=O) groups excluding carboxylic acids is 2. The van der Waals surface area contributed by atoms with Crippen LogP contribution in [0.5, 0.6) is 0 Å². The molecule has 1 N–H and O–H groups in total. The van der Waals surface area contributed by atoms with Crippen molar-refractivity contribution in [3.8, 4) is 11.3 Å². The Morgan fingerprint density at radius 3 is 2.43 bits per heavy atom. The molecule has 1 aromatic heterocycles. The lowest BCUT2D eigenvalue weighted by molar-refractivity contribution is -0.140. The van der Waals surface area contributed by atoms with Crippen molar-refractivity contribution in [2.45, 2.75) is 75.3 Å². The molecule has 14 heteroatoms. The Labute approximate surface area is 278 Å². The van der Waals surface area contributed by atoms with Crippen LogP contribution in [0.2, 0.25) is 0 Å². The lowest BCUT2D eigenvalue weighted by Gasteiger charge is -2.37. The first kappa shape index (κ1) is 34.2. The van der Waals surface area contributed by atoms with Gasteiger partial charge in [-0.3, -0.25) is 14.3 Å². The molecule has 1 atom stereocenters. The van der Waals surface area contributed by atoms with E-state index in [1.54, 1.807) is 14.5 Å². The lowest BCUT2D eigenvalue weighted by atomic mass is 9.99. The van der Waals surface area contributed by atoms with Crippen molar-refractivity contribution in [2.75, 3.05) is 71.3 Å². The predicted octanol–water partition coefficient (Wildman–Crippen LogP) is 3.35. The highest BCUT2D eigenvalue weighted by Gasteiger charge is 2.35. The topological polar surface area (TPSA) is 94.4 Å². The molecule has 5 heterocycles. The molecule has 1 aromatic carbocycles. The summed E-state index contributed by atoms with van der Waals surface area (Å²) in [5.74, 6) is -0.444. The number of amides is 2. The van der Waals surface area contributed by atoms with Crippen LogP contribution in [0.3, 0.4) is 0 Å². The van der Waals surface area contributed by atoms with E-state index in [9.17, 15) is 27.9 Å². The van der Waals surface area contributed by atoms with E-state index < -0.39 is 17.8 Å². The number of carbonyl (C=O) groups is 2. The van der Waals surface area contributed by atoms with Gasteiger partial charge in [0, 0.05) is 73.8 Å². The van der Waals surface area contributed by atoms with Crippen LogP contribution in [-0.4, -0.2) is 130 Å². The molecule has 10 nitrogen and oxygen atoms in total. The molecule has 2 amide bonds. The van der Waals surface area contributed by atoms with Gasteiger partial charge in [0.25, 0.3) is 0 Å². The molecule has 4 aliphatic rings. The summed E-state index contributed by atoms with van der Waals surface area (Å²) >= 11 is 0.873. The number of alkyl halides is 3. The number of aliphatic hydroxyl groups is 1. The standard InChI is InChI=1S/C33H45F3N6O4S/c1-23(43)41-13-8-29-27(21-41)32(37-42(29)20-26(44)19-38-11-6-25(7-12-38)39-9-2-3-10-39)24-4-5-28(33(34,35)36)30(18-24)47-22-31(45)40-14-16-46-17-15-40/h4-5,18,25-26,44H,2-3,6-17,19-22H2,1H3. The Bertz CT molecular complexity index is 1420. The van der Waals surface area contributed by atoms with Crippen molar-refractivity contribution in [1.29, 1.82) is 0 Å². The SMILES string of the molecule is CC(=O)N1CCc2c(c(-c3ccc(C(F)(F)F)c(SCC(=O)N4CCOCC4)c3)nn2CC(O)CN2CCC(N3CCCC3)CC2)C1. The van der Waals surface area contributed by atoms with Crippen LogP contribution in [0.15, 0.2) is 23.1 Å². The van der Waals surface area contributed by atoms with Gasteiger partial charge >= 0.3 is 6.18 Å². The summed E-state index contributed by atoms with van der Waals surface area (Å²) in [6.45, 7) is 9.00. The summed E-state index contributed by atoms with van der Waals surface area (Å²) < 4.78 is 49.4. The smallest absolute Gasteiger partial charge is 0.390 e. The zero-order valence-corrected chi connectivity index (χ0v) is 27.8. The fourth-order valence-corrected chi connectivity index (χ4v) is 8.35. The summed E-state index contributed by atoms with van der Waals surface area (Å²) in [6.07, 6.45) is 0.0152. The average Bonchev–Trinajstić information content (AvgIpc) is 3.72. The third-order valence-electron chi connectivity index (χ3n) is 9.92. The van der Waals surface area contributed by atoms with E-state index in [1.165, 1.54) is 45.0 Å². The van der Waals surface area contributed by atoms with E-state index in [0.29, 0.717) is 69.7 Å². The van der Waals surface area contributed by atoms with E-state index >= 15 is 0 Å². The van der Waals surface area contributed by atoms with E-state index in [0.717, 1.165) is 55.0 Å². The third kappa shape index (κ3) is 8.15. The van der Waals surface area contributed by atoms with Gasteiger partial charge in [-0.15, -0.1) is 11.8 Å². The number of aliphatic hydroxyl groups excluding tert-OH is 1. The molecule has 0 saturated carbocycles. The van der Waals surface area contributed by atoms with Gasteiger partial charge in [0.1, 0.15) is 0 Å². The van der Waals surface area contributed by atoms with Gasteiger partial charge in [-0.25, -0.2) is 0 Å². The number of ether oxygens (including phenoxy) is 1. The first-order valence-corrected chi connectivity index (χ1v) is 17.7. The quantitative estimate of drug-likeness (QED) is 0.404. The molecule has 0 spiro atoms. The molecule has 2 aromatic rings. The van der Waals surface area contributed by atoms with E-state index in [-0.39, 0.29) is 29.0 Å². The van der Waals surface area contributed by atoms with Crippen molar-refractivity contribution in [3.05, 3.63) is 35.0 Å². The van der Waals surface area contributed by atoms with Crippen LogP contribution >= 0.6 is 11.8 Å². The number of morpholine rings is 1. The fourth-order valence-electron chi connectivity index (χ4n) is 7.34. The van der Waals surface area contributed by atoms with Gasteiger partial charge in [0.05, 0.1) is 42.9 Å². The first-order chi connectivity index (χ1) is 22.6. The van der Waals surface area contributed by atoms with Crippen LogP contribution in [0, 0.1) is 0 Å². The summed E-state index contributed by atoms with van der Waals surface area (Å²) in [7, 11) is 0. The highest BCUT2D eigenvalue weighted by molar-refractivity contribution is 8.00. The van der Waals surface area contributed by atoms with Crippen LogP contribution in [0.1, 0.15) is 49.4 Å². The Balaban J connectivity index is 1.21. The Kier molecular flexibility index (Phi) is 10.8. The van der Waals surface area contributed by atoms with Crippen LogP contribution in [0.25, 0.3) is 11.3 Å². The maximum atomic E-state index is 14.1. The minimum absolute atomic E-state index is 0.0449. The number of aromatic nitrogens is 2. The lowest BCUT2D eigenvalue weighted by Crippen LogP contribution is -2.46. The van der Waals surface area contributed by atoms with Gasteiger partial charge in [-0.2, -0.15) is 18.3 Å². The van der Waals surface area contributed by atoms with Crippen LogP contribution in [0.4, 0.5) is 13.2 Å². The summed E-state index contributed by atoms with van der Waals surface area (Å²) in [5, 5.41) is 16.1. The van der Waals surface area contributed by atoms with E-state index in [4.69, 9.17) is 9.84 Å². The molecule has 0 radical (unpaired) electrons. The second kappa shape index (κ2) is 14.9. The maximum absolute atomic E-state index is 14.1. The number of nitrogens with zero attached hydrogens (tertiary/aromatic N) is 6. The number of benzene rings is 1. The second-order valence-corrected chi connectivity index (χ2v) is 14.1. The third-order valence-corrected chi connectivity index (χ3v) is 11.0. The number of thioether (sulfide) groups is 1. The number of fused-ring (bicyclic) bond motifs is 1. The van der Waals surface area contributed by atoms with E-state index in [1.807, 2.05) is 0 Å². The Morgan fingerprint density at radius 1 is 1.02 bits per heavy atom. The summed E-state index contributed by atoms with van der Waals surface area (Å²) in [4.78, 5) is 33.3. The normalized spacial score (nSPS) is 20.9. The molecule has 0 bridgehead atoms. The molecule has 3 saturated heterocycles. The average molecular weight is 679 g/mol. The Hall–Kier alpha value is -2.65. The number of hydrogen-bond donors (Lipinski definition) is 1. The largest absolute Gasteiger partial charge is 0.417 e. The van der Waals surface area contributed by atoms with Crippen molar-refractivity contribution < 1.29 is 32.6 Å². The van der Waals surface area contributed by atoms with Crippen molar-refractivity contribution in [3.63, 3.8) is 0 Å². The molecule has 4 aliphatic heterocycles. The summed E-state index contributed by atoms with van der Waals surface area (Å²) in [5.41, 5.74) is 1.85. The van der Waals surface area contributed by atoms with Gasteiger partial charge in [-0.1, -0.05) is 6.07 Å². The van der Waals surface area contributed by atoms with Crippen molar-refractivity contribution >= 4 is 23.6 Å². The predicted molar refractivity (Wildman–Crippen MR) is 172 cm³/mol. The van der Waals surface area contributed by atoms with Crippen molar-refractivity contribution in [2.24, 2.45) is 0 Å². The molecule has 3 fully saturated rings. The van der Waals surface area contributed by atoms with Gasteiger partial charge in [0.15, 0.2) is 0 Å². The number of rotatable bonds is 9. The van der Waals surface area contributed by atoms with Crippen LogP contribution in [-0.2, 0) is 40.0 Å². The van der Waals surface area contributed by atoms with Gasteiger partial charge < -0.3 is 29.4 Å². The number of β-amino-alcohol motifs (C(OH)–C–C–N with tert-alkyl or cyclic N) is 1. The van der Waals surface area contributed by atoms with Gasteiger partial charge in [0.2, 0.25) is 11.8 Å². The molecule has 47 heavy (non-hydrogen) atoms. The number of halogens is 3. The minimum atomic E-state index is -4.60. The first-order valence-electron chi connectivity index (χ1n) is 16.8. The maximum Gasteiger partial charge on any atom is 0.417 e. The zero-order valence-electron chi connectivity index (χ0n) is 27.0. The van der Waals surface area contributed by atoms with E-state index in [2.05, 4.69) is 9.80 Å². The number of hydrogen-bond acceptors (Lipinski definition) is 8. The van der Waals surface area contributed by atoms with Crippen LogP contribution < -0.4 is 0 Å². The molecule has 0 aliphatic carbocycles. The highest BCUT2D eigenvalue weighted by atomic mass is 32.2. The molecule has 258 valence electrons. The molecule has 1 unspecified atom stereocenters. The second-order valence-electron chi connectivity index (χ2n) is 13.1. The van der Waals surface area contributed by atoms with Crippen molar-refractivity contribution in [1.82, 2.24) is 29.4 Å². The monoisotopic (exact) mass is 678 g/mol. The molecule has 6 rings (SSSR count). The number of likely N-dealkylation sites (tertiary alicyclic amines) is 2. The fraction of sp³-hybridized carbons (Fsp3) is 0.667. The molecular weight excluding hydrogens is 633 g/mol. The Morgan fingerprint density at radius 2 is 1.74 bits per heavy atom. The minimum Gasteiger partial charge on any atom is -0.390 e. The number of piperidine rings is 1. The zero-order chi connectivity index (χ0) is 33.1. The molecular formula is C33H45F3N6O4S. The van der Waals surface area contributed by atoms with Gasteiger partial charge in [-0.05, 0) is 64.0 Å².